The second kappa shape index (κ2) is 4.87. The third-order valence-corrected chi connectivity index (χ3v) is 5.44. The highest BCUT2D eigenvalue weighted by molar-refractivity contribution is 7.99. The van der Waals surface area contributed by atoms with Crippen molar-refractivity contribution < 1.29 is 0 Å². The van der Waals surface area contributed by atoms with E-state index in [0.29, 0.717) is 5.92 Å². The maximum Gasteiger partial charge on any atom is 0.0481 e. The maximum atomic E-state index is 6.05. The van der Waals surface area contributed by atoms with E-state index in [1.807, 2.05) is 23.9 Å². The van der Waals surface area contributed by atoms with Crippen molar-refractivity contribution in [2.75, 3.05) is 5.75 Å². The summed E-state index contributed by atoms with van der Waals surface area (Å²) in [7, 11) is 0. The van der Waals surface area contributed by atoms with Gasteiger partial charge in [-0.3, -0.25) is 0 Å². The number of nitrogens with zero attached hydrogens (tertiary/aromatic N) is 1. The van der Waals surface area contributed by atoms with Crippen molar-refractivity contribution in [1.82, 2.24) is 4.57 Å². The van der Waals surface area contributed by atoms with Crippen molar-refractivity contribution in [3.63, 3.8) is 0 Å². The number of benzene rings is 2. The lowest BCUT2D eigenvalue weighted by Gasteiger charge is -2.13. The number of halogens is 1. The van der Waals surface area contributed by atoms with Crippen LogP contribution in [0.1, 0.15) is 11.5 Å². The molecule has 0 bridgehead atoms. The second-order valence-corrected chi connectivity index (χ2v) is 6.72. The van der Waals surface area contributed by atoms with Gasteiger partial charge in [-0.25, -0.2) is 0 Å². The summed E-state index contributed by atoms with van der Waals surface area (Å²) < 4.78 is 2.35. The van der Waals surface area contributed by atoms with E-state index in [-0.39, 0.29) is 0 Å². The molecule has 0 saturated heterocycles. The first-order valence-corrected chi connectivity index (χ1v) is 8.14. The Morgan fingerprint density at radius 1 is 1.15 bits per heavy atom. The molecule has 1 unspecified atom stereocenters. The summed E-state index contributed by atoms with van der Waals surface area (Å²) >= 11 is 8.02. The van der Waals surface area contributed by atoms with Gasteiger partial charge in [0.25, 0.3) is 0 Å². The molecule has 20 heavy (non-hydrogen) atoms. The Labute approximate surface area is 127 Å². The zero-order valence-electron chi connectivity index (χ0n) is 10.9. The molecule has 4 rings (SSSR count). The molecule has 0 N–H and O–H groups in total. The van der Waals surface area contributed by atoms with Gasteiger partial charge in [0, 0.05) is 45.2 Å². The Bertz CT molecular complexity index is 778. The Hall–Kier alpha value is -1.38. The lowest BCUT2D eigenvalue weighted by Crippen LogP contribution is -2.07. The minimum Gasteiger partial charge on any atom is -0.347 e. The number of hydrogen-bond donors (Lipinski definition) is 0. The molecule has 0 spiro atoms. The van der Waals surface area contributed by atoms with Gasteiger partial charge in [-0.2, -0.15) is 0 Å². The first kappa shape index (κ1) is 12.4. The lowest BCUT2D eigenvalue weighted by molar-refractivity contribution is 0.623. The molecule has 1 aromatic heterocycles. The number of hydrogen-bond acceptors (Lipinski definition) is 1. The van der Waals surface area contributed by atoms with E-state index in [1.165, 1.54) is 27.1 Å². The number of fused-ring (bicyclic) bond motifs is 2. The first-order chi connectivity index (χ1) is 9.81. The Kier molecular flexibility index (Phi) is 3.01. The Morgan fingerprint density at radius 2 is 2.05 bits per heavy atom. The van der Waals surface area contributed by atoms with Gasteiger partial charge >= 0.3 is 0 Å². The zero-order chi connectivity index (χ0) is 13.5. The quantitative estimate of drug-likeness (QED) is 0.631. The van der Waals surface area contributed by atoms with Gasteiger partial charge in [-0.1, -0.05) is 29.8 Å². The molecule has 3 heteroatoms. The largest absolute Gasteiger partial charge is 0.347 e. The van der Waals surface area contributed by atoms with Crippen molar-refractivity contribution >= 4 is 34.3 Å². The summed E-state index contributed by atoms with van der Waals surface area (Å²) in [5.41, 5.74) is 2.76. The Balaban J connectivity index is 1.69. The van der Waals surface area contributed by atoms with Crippen molar-refractivity contribution in [2.45, 2.75) is 17.4 Å². The van der Waals surface area contributed by atoms with Crippen LogP contribution in [0.15, 0.2) is 59.6 Å². The highest BCUT2D eigenvalue weighted by Crippen LogP contribution is 2.40. The number of rotatable bonds is 2. The number of aromatic nitrogens is 1. The smallest absolute Gasteiger partial charge is 0.0481 e. The predicted octanol–water partition coefficient (Wildman–Crippen LogP) is 5.18. The van der Waals surface area contributed by atoms with Crippen LogP contribution in [0.5, 0.6) is 0 Å². The third kappa shape index (κ3) is 2.04. The molecule has 0 aliphatic carbocycles. The third-order valence-electron chi connectivity index (χ3n) is 3.95. The molecular formula is C17H14ClNS. The van der Waals surface area contributed by atoms with Gasteiger partial charge in [0.2, 0.25) is 0 Å². The van der Waals surface area contributed by atoms with Crippen molar-refractivity contribution in [3.8, 4) is 0 Å². The fourth-order valence-electron chi connectivity index (χ4n) is 2.95. The average molecular weight is 300 g/mol. The SMILES string of the molecule is Clc1ccc2c(ccn2CC2CSc3ccccc32)c1. The van der Waals surface area contributed by atoms with Crippen LogP contribution in [-0.4, -0.2) is 10.3 Å². The van der Waals surface area contributed by atoms with Gasteiger partial charge < -0.3 is 4.57 Å². The molecule has 2 heterocycles. The summed E-state index contributed by atoms with van der Waals surface area (Å²) in [5, 5.41) is 2.02. The highest BCUT2D eigenvalue weighted by Gasteiger charge is 2.23. The van der Waals surface area contributed by atoms with E-state index in [4.69, 9.17) is 11.6 Å². The van der Waals surface area contributed by atoms with E-state index in [9.17, 15) is 0 Å². The summed E-state index contributed by atoms with van der Waals surface area (Å²) in [6.07, 6.45) is 2.17. The summed E-state index contributed by atoms with van der Waals surface area (Å²) in [4.78, 5) is 1.44. The molecule has 1 aliphatic rings. The van der Waals surface area contributed by atoms with E-state index in [0.717, 1.165) is 11.6 Å². The molecule has 1 atom stereocenters. The summed E-state index contributed by atoms with van der Waals surface area (Å²) in [6, 6.07) is 17.0. The molecule has 0 amide bonds. The fraction of sp³-hybridized carbons (Fsp3) is 0.176. The molecule has 0 saturated carbocycles. The van der Waals surface area contributed by atoms with Gasteiger partial charge in [-0.15, -0.1) is 11.8 Å². The normalized spacial score (nSPS) is 17.6. The minimum atomic E-state index is 0.600. The monoisotopic (exact) mass is 299 g/mol. The topological polar surface area (TPSA) is 4.93 Å². The van der Waals surface area contributed by atoms with Crippen LogP contribution in [0.2, 0.25) is 5.02 Å². The maximum absolute atomic E-state index is 6.05. The van der Waals surface area contributed by atoms with Crippen LogP contribution >= 0.6 is 23.4 Å². The van der Waals surface area contributed by atoms with Gasteiger partial charge in [-0.05, 0) is 35.9 Å². The molecule has 2 aromatic carbocycles. The van der Waals surface area contributed by atoms with Crippen LogP contribution in [0.3, 0.4) is 0 Å². The highest BCUT2D eigenvalue weighted by atomic mass is 35.5. The van der Waals surface area contributed by atoms with E-state index in [1.54, 1.807) is 0 Å². The average Bonchev–Trinajstić information content (AvgIpc) is 3.04. The first-order valence-electron chi connectivity index (χ1n) is 6.77. The van der Waals surface area contributed by atoms with Crippen LogP contribution < -0.4 is 0 Å². The van der Waals surface area contributed by atoms with Crippen molar-refractivity contribution in [3.05, 3.63) is 65.3 Å². The minimum absolute atomic E-state index is 0.600. The fourth-order valence-corrected chi connectivity index (χ4v) is 4.37. The number of thioether (sulfide) groups is 1. The Morgan fingerprint density at radius 3 is 3.00 bits per heavy atom. The van der Waals surface area contributed by atoms with Crippen LogP contribution in [0.4, 0.5) is 0 Å². The molecule has 0 fully saturated rings. The second-order valence-electron chi connectivity index (χ2n) is 5.22. The summed E-state index contributed by atoms with van der Waals surface area (Å²) in [6.45, 7) is 1.04. The molecule has 1 nitrogen and oxygen atoms in total. The van der Waals surface area contributed by atoms with Crippen molar-refractivity contribution in [1.29, 1.82) is 0 Å². The zero-order valence-corrected chi connectivity index (χ0v) is 12.5. The summed E-state index contributed by atoms with van der Waals surface area (Å²) in [5.74, 6) is 1.77. The molecular weight excluding hydrogens is 286 g/mol. The van der Waals surface area contributed by atoms with Gasteiger partial charge in [0.05, 0.1) is 0 Å². The van der Waals surface area contributed by atoms with E-state index >= 15 is 0 Å². The van der Waals surface area contributed by atoms with Gasteiger partial charge in [0.15, 0.2) is 0 Å². The predicted molar refractivity (Wildman–Crippen MR) is 86.9 cm³/mol. The van der Waals surface area contributed by atoms with Gasteiger partial charge in [0.1, 0.15) is 0 Å². The van der Waals surface area contributed by atoms with Crippen LogP contribution in [-0.2, 0) is 6.54 Å². The molecule has 0 radical (unpaired) electrons. The lowest BCUT2D eigenvalue weighted by atomic mass is 10.0. The van der Waals surface area contributed by atoms with Crippen LogP contribution in [0, 0.1) is 0 Å². The standard InChI is InChI=1S/C17H14ClNS/c18-14-5-6-16-12(9-14)7-8-19(16)10-13-11-20-17-4-2-1-3-15(13)17/h1-9,13H,10-11H2. The molecule has 1 aliphatic heterocycles. The van der Waals surface area contributed by atoms with E-state index < -0.39 is 0 Å². The molecule has 3 aromatic rings. The molecule has 100 valence electrons. The van der Waals surface area contributed by atoms with E-state index in [2.05, 4.69) is 47.2 Å². The van der Waals surface area contributed by atoms with Crippen LogP contribution in [0.25, 0.3) is 10.9 Å². The van der Waals surface area contributed by atoms with Crippen molar-refractivity contribution in [2.24, 2.45) is 0 Å².